The van der Waals surface area contributed by atoms with Gasteiger partial charge in [-0.3, -0.25) is 9.36 Å². The van der Waals surface area contributed by atoms with Gasteiger partial charge in [-0.1, -0.05) is 78.1 Å². The van der Waals surface area contributed by atoms with Gasteiger partial charge in [0.2, 0.25) is 0 Å². The van der Waals surface area contributed by atoms with Gasteiger partial charge >= 0.3 is 4.87 Å². The van der Waals surface area contributed by atoms with Gasteiger partial charge in [-0.25, -0.2) is 0 Å². The molecule has 0 aliphatic carbocycles. The fraction of sp³-hybridized carbons (Fsp3) is 0.107. The van der Waals surface area contributed by atoms with Crippen LogP contribution in [0.15, 0.2) is 120 Å². The third-order valence-electron chi connectivity index (χ3n) is 6.04. The van der Waals surface area contributed by atoms with E-state index in [4.69, 9.17) is 0 Å². The molecule has 0 spiro atoms. The van der Waals surface area contributed by atoms with Gasteiger partial charge in [0.25, 0.3) is 0 Å². The maximum absolute atomic E-state index is 12.7. The predicted molar refractivity (Wildman–Crippen MR) is 142 cm³/mol. The fourth-order valence-corrected chi connectivity index (χ4v) is 9.80. The molecule has 6 heteroatoms. The minimum absolute atomic E-state index is 0. The summed E-state index contributed by atoms with van der Waals surface area (Å²) in [5.74, 6) is 0. The molecule has 5 aromatic rings. The van der Waals surface area contributed by atoms with E-state index in [0.717, 1.165) is 10.2 Å². The van der Waals surface area contributed by atoms with E-state index in [1.165, 1.54) is 27.3 Å². The molecule has 0 radical (unpaired) electrons. The number of para-hydroxylation sites is 1. The standard InChI is InChI=1S/C28H25NO2PS.ClH/c30-22(20-29-26-18-10-11-19-27(26)33-28(29)31)21-32(23-12-4-1-5-13-23,24-14-6-2-7-15-24)25-16-8-3-9-17-25;/h1-19,22,30H,20-21H2;1H/q+1;/p-1. The van der Waals surface area contributed by atoms with Crippen LogP contribution in [0.3, 0.4) is 0 Å². The van der Waals surface area contributed by atoms with Gasteiger partial charge in [0.05, 0.1) is 16.8 Å². The highest BCUT2D eigenvalue weighted by Crippen LogP contribution is 2.55. The van der Waals surface area contributed by atoms with Gasteiger partial charge in [0.1, 0.15) is 35.4 Å². The average molecular weight is 506 g/mol. The van der Waals surface area contributed by atoms with Crippen LogP contribution in [-0.2, 0) is 6.54 Å². The number of hydrogen-bond donors (Lipinski definition) is 1. The zero-order valence-electron chi connectivity index (χ0n) is 18.5. The van der Waals surface area contributed by atoms with Gasteiger partial charge < -0.3 is 17.5 Å². The summed E-state index contributed by atoms with van der Waals surface area (Å²) in [5, 5.41) is 15.2. The van der Waals surface area contributed by atoms with Gasteiger partial charge in [0, 0.05) is 0 Å². The van der Waals surface area contributed by atoms with Crippen molar-refractivity contribution < 1.29 is 17.5 Å². The van der Waals surface area contributed by atoms with E-state index < -0.39 is 13.4 Å². The lowest BCUT2D eigenvalue weighted by Crippen LogP contribution is -3.00. The Morgan fingerprint density at radius 2 is 1.15 bits per heavy atom. The van der Waals surface area contributed by atoms with Crippen molar-refractivity contribution in [2.45, 2.75) is 12.6 Å². The molecule has 1 heterocycles. The quantitative estimate of drug-likeness (QED) is 0.340. The Bertz CT molecular complexity index is 1310. The van der Waals surface area contributed by atoms with E-state index in [1.807, 2.05) is 42.5 Å². The molecule has 0 saturated heterocycles. The van der Waals surface area contributed by atoms with Crippen LogP contribution in [0.5, 0.6) is 0 Å². The molecule has 5 rings (SSSR count). The average Bonchev–Trinajstić information content (AvgIpc) is 3.19. The normalized spacial score (nSPS) is 12.3. The van der Waals surface area contributed by atoms with E-state index in [-0.39, 0.29) is 23.8 Å². The van der Waals surface area contributed by atoms with E-state index in [2.05, 4.69) is 72.8 Å². The molecule has 0 fully saturated rings. The van der Waals surface area contributed by atoms with Crippen LogP contribution in [0, 0.1) is 0 Å². The van der Waals surface area contributed by atoms with Crippen molar-refractivity contribution in [1.29, 1.82) is 0 Å². The van der Waals surface area contributed by atoms with Crippen molar-refractivity contribution in [2.75, 3.05) is 6.16 Å². The minimum Gasteiger partial charge on any atom is -1.00 e. The van der Waals surface area contributed by atoms with E-state index >= 15 is 0 Å². The van der Waals surface area contributed by atoms with Crippen molar-refractivity contribution >= 4 is 44.7 Å². The monoisotopic (exact) mass is 505 g/mol. The first-order valence-electron chi connectivity index (χ1n) is 11.0. The summed E-state index contributed by atoms with van der Waals surface area (Å²) < 4.78 is 2.67. The predicted octanol–water partition coefficient (Wildman–Crippen LogP) is 1.42. The highest BCUT2D eigenvalue weighted by atomic mass is 35.5. The lowest BCUT2D eigenvalue weighted by molar-refractivity contribution is -0.00000853. The van der Waals surface area contributed by atoms with Crippen molar-refractivity contribution in [3.8, 4) is 0 Å². The van der Waals surface area contributed by atoms with Gasteiger partial charge in [-0.15, -0.1) is 0 Å². The Labute approximate surface area is 210 Å². The SMILES string of the molecule is O=c1sc2ccccc2n1CC(O)C[P+](c1ccccc1)(c1ccccc1)c1ccccc1.[Cl-]. The maximum Gasteiger partial charge on any atom is 0.308 e. The van der Waals surface area contributed by atoms with Gasteiger partial charge in [-0.2, -0.15) is 0 Å². The number of halogens is 1. The first-order chi connectivity index (χ1) is 16.2. The summed E-state index contributed by atoms with van der Waals surface area (Å²) in [7, 11) is -2.17. The Balaban J connectivity index is 0.00000274. The topological polar surface area (TPSA) is 42.2 Å². The summed E-state index contributed by atoms with van der Waals surface area (Å²) in [4.78, 5) is 12.7. The van der Waals surface area contributed by atoms with Crippen LogP contribution in [0.25, 0.3) is 10.2 Å². The minimum atomic E-state index is -2.17. The molecule has 34 heavy (non-hydrogen) atoms. The Morgan fingerprint density at radius 3 is 1.65 bits per heavy atom. The zero-order chi connectivity index (χ0) is 22.7. The maximum atomic E-state index is 12.7. The molecule has 1 atom stereocenters. The Kier molecular flexibility index (Phi) is 7.65. The summed E-state index contributed by atoms with van der Waals surface area (Å²) in [6, 6.07) is 39.3. The lowest BCUT2D eigenvalue weighted by Gasteiger charge is -2.29. The zero-order valence-corrected chi connectivity index (χ0v) is 21.0. The van der Waals surface area contributed by atoms with Crippen molar-refractivity contribution in [3.63, 3.8) is 0 Å². The number of fused-ring (bicyclic) bond motifs is 1. The number of aliphatic hydroxyl groups excluding tert-OH is 1. The van der Waals surface area contributed by atoms with E-state index in [9.17, 15) is 9.90 Å². The molecule has 3 nitrogen and oxygen atoms in total. The summed E-state index contributed by atoms with van der Waals surface area (Å²) in [5.41, 5.74) is 0.884. The number of aliphatic hydroxyl groups is 1. The number of rotatable bonds is 7. The van der Waals surface area contributed by atoms with Crippen LogP contribution in [0.4, 0.5) is 0 Å². The number of hydrogen-bond acceptors (Lipinski definition) is 3. The Morgan fingerprint density at radius 1 is 0.706 bits per heavy atom. The second-order valence-electron chi connectivity index (χ2n) is 8.10. The molecule has 172 valence electrons. The number of aromatic nitrogens is 1. The van der Waals surface area contributed by atoms with Crippen LogP contribution in [-0.4, -0.2) is 21.9 Å². The molecule has 1 aromatic heterocycles. The molecule has 0 aliphatic heterocycles. The van der Waals surface area contributed by atoms with Crippen molar-refractivity contribution in [3.05, 3.63) is 125 Å². The third kappa shape index (κ3) is 4.60. The molecule has 1 unspecified atom stereocenters. The van der Waals surface area contributed by atoms with Gasteiger partial charge in [-0.05, 0) is 48.5 Å². The highest BCUT2D eigenvalue weighted by Gasteiger charge is 2.46. The van der Waals surface area contributed by atoms with Crippen molar-refractivity contribution in [1.82, 2.24) is 4.57 Å². The van der Waals surface area contributed by atoms with Crippen LogP contribution >= 0.6 is 18.6 Å². The summed E-state index contributed by atoms with van der Waals surface area (Å²) in [6.45, 7) is 0.275. The van der Waals surface area contributed by atoms with Crippen LogP contribution in [0.2, 0.25) is 0 Å². The molecule has 0 aliphatic rings. The second kappa shape index (κ2) is 10.7. The Hall–Kier alpha value is -2.75. The number of nitrogens with zero attached hydrogens (tertiary/aromatic N) is 1. The van der Waals surface area contributed by atoms with E-state index in [0.29, 0.717) is 6.16 Å². The number of benzene rings is 4. The molecular weight excluding hydrogens is 481 g/mol. The van der Waals surface area contributed by atoms with E-state index in [1.54, 1.807) is 4.57 Å². The fourth-order valence-electron chi connectivity index (χ4n) is 4.58. The van der Waals surface area contributed by atoms with Gasteiger partial charge in [0.15, 0.2) is 0 Å². The first-order valence-corrected chi connectivity index (χ1v) is 13.8. The highest BCUT2D eigenvalue weighted by molar-refractivity contribution is 7.95. The van der Waals surface area contributed by atoms with Crippen molar-refractivity contribution in [2.24, 2.45) is 0 Å². The van der Waals surface area contributed by atoms with Crippen LogP contribution < -0.4 is 33.2 Å². The molecule has 0 saturated carbocycles. The third-order valence-corrected chi connectivity index (χ3v) is 11.5. The summed E-state index contributed by atoms with van der Waals surface area (Å²) in [6.07, 6.45) is -0.128. The molecule has 0 bridgehead atoms. The molecular formula is C28H25ClNO2PS. The second-order valence-corrected chi connectivity index (χ2v) is 12.6. The largest absolute Gasteiger partial charge is 1.00 e. The first kappa shape index (κ1) is 24.4. The molecule has 4 aromatic carbocycles. The summed E-state index contributed by atoms with van der Waals surface area (Å²) >= 11 is 1.23. The smallest absolute Gasteiger partial charge is 0.308 e. The molecule has 0 amide bonds. The molecule has 1 N–H and O–H groups in total. The van der Waals surface area contributed by atoms with Crippen LogP contribution in [0.1, 0.15) is 0 Å². The number of thiazole rings is 1. The lowest BCUT2D eigenvalue weighted by atomic mass is 10.3.